The van der Waals surface area contributed by atoms with E-state index >= 15 is 0 Å². The molecule has 0 aliphatic heterocycles. The summed E-state index contributed by atoms with van der Waals surface area (Å²) in [7, 11) is 0. The van der Waals surface area contributed by atoms with E-state index in [1.54, 1.807) is 11.3 Å². The van der Waals surface area contributed by atoms with Crippen molar-refractivity contribution < 1.29 is 5.11 Å². The summed E-state index contributed by atoms with van der Waals surface area (Å²) in [6.45, 7) is 1.98. The molecule has 0 aromatic carbocycles. The molecule has 14 heavy (non-hydrogen) atoms. The second-order valence-electron chi connectivity index (χ2n) is 3.99. The van der Waals surface area contributed by atoms with E-state index in [-0.39, 0.29) is 0 Å². The number of thiophene rings is 1. The Morgan fingerprint density at radius 3 is 2.71 bits per heavy atom. The first-order valence-electron chi connectivity index (χ1n) is 4.83. The molecular weight excluding hydrogens is 194 g/mol. The molecule has 1 unspecified atom stereocenters. The predicted molar refractivity (Wildman–Crippen MR) is 55.9 cm³/mol. The van der Waals surface area contributed by atoms with Crippen LogP contribution >= 0.6 is 11.3 Å². The van der Waals surface area contributed by atoms with Gasteiger partial charge in [-0.05, 0) is 36.8 Å². The third-order valence-corrected chi connectivity index (χ3v) is 4.21. The van der Waals surface area contributed by atoms with Crippen LogP contribution in [0.25, 0.3) is 0 Å². The van der Waals surface area contributed by atoms with Crippen LogP contribution in [0.15, 0.2) is 11.4 Å². The highest BCUT2D eigenvalue weighted by Crippen LogP contribution is 2.51. The summed E-state index contributed by atoms with van der Waals surface area (Å²) in [4.78, 5) is 0.964. The van der Waals surface area contributed by atoms with Crippen LogP contribution in [0.4, 0.5) is 0 Å². The van der Waals surface area contributed by atoms with Crippen molar-refractivity contribution in [1.82, 2.24) is 0 Å². The first-order valence-corrected chi connectivity index (χ1v) is 5.71. The molecule has 0 saturated heterocycles. The molecule has 74 valence electrons. The highest BCUT2D eigenvalue weighted by atomic mass is 32.1. The second-order valence-corrected chi connectivity index (χ2v) is 4.94. The van der Waals surface area contributed by atoms with Gasteiger partial charge in [-0.2, -0.15) is 5.26 Å². The van der Waals surface area contributed by atoms with Crippen LogP contribution in [0.2, 0.25) is 0 Å². The molecule has 0 radical (unpaired) electrons. The van der Waals surface area contributed by atoms with E-state index < -0.39 is 11.5 Å². The van der Waals surface area contributed by atoms with Crippen LogP contribution in [0.1, 0.15) is 35.8 Å². The van der Waals surface area contributed by atoms with Crippen LogP contribution in [-0.2, 0) is 0 Å². The Morgan fingerprint density at radius 1 is 1.64 bits per heavy atom. The summed E-state index contributed by atoms with van der Waals surface area (Å²) in [6, 6.07) is 4.28. The first kappa shape index (κ1) is 9.70. The van der Waals surface area contributed by atoms with E-state index in [2.05, 4.69) is 6.07 Å². The van der Waals surface area contributed by atoms with Gasteiger partial charge in [0.25, 0.3) is 0 Å². The van der Waals surface area contributed by atoms with E-state index in [9.17, 15) is 5.11 Å². The van der Waals surface area contributed by atoms with E-state index in [1.807, 2.05) is 18.4 Å². The third kappa shape index (κ3) is 1.26. The van der Waals surface area contributed by atoms with Crippen molar-refractivity contribution in [2.24, 2.45) is 5.41 Å². The molecule has 1 N–H and O–H groups in total. The molecular formula is C11H13NOS. The van der Waals surface area contributed by atoms with Crippen molar-refractivity contribution in [3.05, 3.63) is 21.9 Å². The Morgan fingerprint density at radius 2 is 2.36 bits per heavy atom. The van der Waals surface area contributed by atoms with E-state index in [4.69, 9.17) is 5.26 Å². The summed E-state index contributed by atoms with van der Waals surface area (Å²) in [5.41, 5.74) is 0.610. The van der Waals surface area contributed by atoms with Gasteiger partial charge in [-0.1, -0.05) is 6.42 Å². The number of hydrogen-bond acceptors (Lipinski definition) is 3. The molecule has 2 rings (SSSR count). The molecule has 0 spiro atoms. The van der Waals surface area contributed by atoms with E-state index in [0.29, 0.717) is 0 Å². The fraction of sp³-hybridized carbons (Fsp3) is 0.545. The van der Waals surface area contributed by atoms with Crippen molar-refractivity contribution in [3.8, 4) is 6.07 Å². The number of nitrogens with zero attached hydrogens (tertiary/aromatic N) is 1. The van der Waals surface area contributed by atoms with Gasteiger partial charge < -0.3 is 5.11 Å². The molecule has 0 bridgehead atoms. The maximum atomic E-state index is 10.1. The Balaban J connectivity index is 2.28. The minimum Gasteiger partial charge on any atom is -0.386 e. The lowest BCUT2D eigenvalue weighted by Gasteiger charge is -2.39. The van der Waals surface area contributed by atoms with Gasteiger partial charge in [0.2, 0.25) is 0 Å². The zero-order chi connectivity index (χ0) is 10.2. The molecule has 3 heteroatoms. The minimum absolute atomic E-state index is 0.490. The Hall–Kier alpha value is -0.850. The maximum Gasteiger partial charge on any atom is 0.107 e. The van der Waals surface area contributed by atoms with Gasteiger partial charge in [0.15, 0.2) is 0 Å². The summed E-state index contributed by atoms with van der Waals surface area (Å²) >= 11 is 1.55. The Bertz CT molecular complexity index is 373. The van der Waals surface area contributed by atoms with Crippen molar-refractivity contribution in [3.63, 3.8) is 0 Å². The van der Waals surface area contributed by atoms with Gasteiger partial charge in [-0.15, -0.1) is 11.3 Å². The first-order chi connectivity index (χ1) is 6.69. The summed E-state index contributed by atoms with van der Waals surface area (Å²) < 4.78 is 0. The molecule has 1 aromatic heterocycles. The van der Waals surface area contributed by atoms with Gasteiger partial charge in [0.05, 0.1) is 11.5 Å². The fourth-order valence-corrected chi connectivity index (χ4v) is 2.95. The molecule has 1 aromatic rings. The lowest BCUT2D eigenvalue weighted by Crippen LogP contribution is -2.34. The Labute approximate surface area is 87.8 Å². The van der Waals surface area contributed by atoms with Crippen molar-refractivity contribution in [2.45, 2.75) is 32.3 Å². The minimum atomic E-state index is -0.582. The third-order valence-electron chi connectivity index (χ3n) is 3.14. The highest BCUT2D eigenvalue weighted by molar-refractivity contribution is 7.10. The monoisotopic (exact) mass is 207 g/mol. The Kier molecular flexibility index (Phi) is 2.34. The number of aliphatic hydroxyl groups is 1. The average molecular weight is 207 g/mol. The largest absolute Gasteiger partial charge is 0.386 e. The second kappa shape index (κ2) is 3.38. The van der Waals surface area contributed by atoms with E-state index in [0.717, 1.165) is 29.7 Å². The maximum absolute atomic E-state index is 10.1. The molecule has 2 nitrogen and oxygen atoms in total. The number of rotatable bonds is 2. The molecule has 1 heterocycles. The number of aliphatic hydroxyl groups excluding tert-OH is 1. The van der Waals surface area contributed by atoms with Crippen LogP contribution in [-0.4, -0.2) is 5.11 Å². The fourth-order valence-electron chi connectivity index (χ4n) is 1.92. The number of hydrogen-bond donors (Lipinski definition) is 1. The van der Waals surface area contributed by atoms with Crippen molar-refractivity contribution in [1.29, 1.82) is 5.26 Å². The van der Waals surface area contributed by atoms with E-state index in [1.165, 1.54) is 0 Å². The van der Waals surface area contributed by atoms with Gasteiger partial charge in [-0.3, -0.25) is 0 Å². The standard InChI is InChI=1S/C11H13NOS/c1-8-3-6-14-9(8)10(13)11(7-12)4-2-5-11/h3,6,10,13H,2,4-5H2,1H3. The SMILES string of the molecule is Cc1ccsc1C(O)C1(C#N)CCC1. The summed E-state index contributed by atoms with van der Waals surface area (Å²) in [6.07, 6.45) is 2.15. The van der Waals surface area contributed by atoms with Gasteiger partial charge in [-0.25, -0.2) is 0 Å². The zero-order valence-corrected chi connectivity index (χ0v) is 8.97. The average Bonchev–Trinajstić information content (AvgIpc) is 2.50. The lowest BCUT2D eigenvalue weighted by molar-refractivity contribution is 0.0101. The molecule has 0 amide bonds. The lowest BCUT2D eigenvalue weighted by atomic mass is 9.65. The molecule has 1 saturated carbocycles. The van der Waals surface area contributed by atoms with Crippen LogP contribution in [0.3, 0.4) is 0 Å². The van der Waals surface area contributed by atoms with Crippen LogP contribution < -0.4 is 0 Å². The quantitative estimate of drug-likeness (QED) is 0.810. The van der Waals surface area contributed by atoms with Gasteiger partial charge >= 0.3 is 0 Å². The molecule has 1 aliphatic rings. The smallest absolute Gasteiger partial charge is 0.107 e. The van der Waals surface area contributed by atoms with Gasteiger partial charge in [0, 0.05) is 4.88 Å². The van der Waals surface area contributed by atoms with Crippen molar-refractivity contribution in [2.75, 3.05) is 0 Å². The normalized spacial score (nSPS) is 20.9. The summed E-state index contributed by atoms with van der Waals surface area (Å²) in [5, 5.41) is 21.2. The number of nitriles is 1. The van der Waals surface area contributed by atoms with Gasteiger partial charge in [0.1, 0.15) is 6.10 Å². The zero-order valence-electron chi connectivity index (χ0n) is 8.16. The van der Waals surface area contributed by atoms with Crippen LogP contribution in [0.5, 0.6) is 0 Å². The molecule has 1 fully saturated rings. The molecule has 1 aliphatic carbocycles. The van der Waals surface area contributed by atoms with Crippen molar-refractivity contribution >= 4 is 11.3 Å². The summed E-state index contributed by atoms with van der Waals surface area (Å²) in [5.74, 6) is 0. The predicted octanol–water partition coefficient (Wildman–Crippen LogP) is 2.78. The van der Waals surface area contributed by atoms with Crippen LogP contribution in [0, 0.1) is 23.7 Å². The molecule has 1 atom stereocenters. The number of aryl methyl sites for hydroxylation is 1. The highest BCUT2D eigenvalue weighted by Gasteiger charge is 2.45. The topological polar surface area (TPSA) is 44.0 Å².